The van der Waals surface area contributed by atoms with Crippen LogP contribution in [-0.2, 0) is 0 Å². The highest BCUT2D eigenvalue weighted by Gasteiger charge is 2.03. The number of thiocarbonyl (C=S) groups is 1. The minimum absolute atomic E-state index is 0.342. The van der Waals surface area contributed by atoms with Crippen LogP contribution in [0.3, 0.4) is 0 Å². The van der Waals surface area contributed by atoms with Gasteiger partial charge in [-0.3, -0.25) is 0 Å². The maximum Gasteiger partial charge on any atom is 0.170 e. The molecule has 0 spiro atoms. The Balaban J connectivity index is 2.62. The van der Waals surface area contributed by atoms with Gasteiger partial charge in [-0.05, 0) is 43.8 Å². The summed E-state index contributed by atoms with van der Waals surface area (Å²) in [6.07, 6.45) is 1.01. The van der Waals surface area contributed by atoms with E-state index in [0.717, 1.165) is 12.1 Å². The molecule has 88 valence electrons. The average Bonchev–Trinajstić information content (AvgIpc) is 2.15. The minimum Gasteiger partial charge on any atom is -0.360 e. The molecule has 0 aliphatic carbocycles. The topological polar surface area (TPSA) is 24.1 Å². The van der Waals surface area contributed by atoms with Crippen LogP contribution in [0.5, 0.6) is 0 Å². The summed E-state index contributed by atoms with van der Waals surface area (Å²) in [5, 5.41) is 7.94. The van der Waals surface area contributed by atoms with Crippen molar-refractivity contribution in [1.29, 1.82) is 0 Å². The van der Waals surface area contributed by atoms with Gasteiger partial charge in [0.25, 0.3) is 0 Å². The molecule has 0 aliphatic rings. The van der Waals surface area contributed by atoms with Crippen LogP contribution in [0.15, 0.2) is 18.2 Å². The lowest BCUT2D eigenvalue weighted by Gasteiger charge is -2.15. The van der Waals surface area contributed by atoms with Gasteiger partial charge in [0.1, 0.15) is 0 Å². The molecule has 1 unspecified atom stereocenters. The molecule has 5 heteroatoms. The molecular formula is C11H14Cl2N2S. The van der Waals surface area contributed by atoms with Crippen LogP contribution in [0.4, 0.5) is 5.69 Å². The third-order valence-corrected chi connectivity index (χ3v) is 2.77. The largest absolute Gasteiger partial charge is 0.360 e. The van der Waals surface area contributed by atoms with Crippen molar-refractivity contribution < 1.29 is 0 Å². The van der Waals surface area contributed by atoms with Crippen LogP contribution in [0.25, 0.3) is 0 Å². The highest BCUT2D eigenvalue weighted by molar-refractivity contribution is 7.80. The van der Waals surface area contributed by atoms with Gasteiger partial charge < -0.3 is 10.6 Å². The van der Waals surface area contributed by atoms with Crippen LogP contribution in [0, 0.1) is 0 Å². The van der Waals surface area contributed by atoms with E-state index in [-0.39, 0.29) is 0 Å². The molecule has 2 nitrogen and oxygen atoms in total. The molecule has 0 amide bonds. The lowest BCUT2D eigenvalue weighted by molar-refractivity contribution is 0.646. The van der Waals surface area contributed by atoms with Crippen LogP contribution in [0.2, 0.25) is 10.0 Å². The van der Waals surface area contributed by atoms with Gasteiger partial charge in [0.15, 0.2) is 5.11 Å². The molecule has 0 fully saturated rings. The van der Waals surface area contributed by atoms with Crippen molar-refractivity contribution in [3.05, 3.63) is 28.2 Å². The smallest absolute Gasteiger partial charge is 0.170 e. The number of anilines is 1. The fraction of sp³-hybridized carbons (Fsp3) is 0.364. The molecule has 1 aromatic rings. The number of benzene rings is 1. The molecular weight excluding hydrogens is 263 g/mol. The van der Waals surface area contributed by atoms with Crippen LogP contribution in [-0.4, -0.2) is 11.2 Å². The number of halogens is 2. The Morgan fingerprint density at radius 2 is 1.88 bits per heavy atom. The van der Waals surface area contributed by atoms with Gasteiger partial charge in [0.2, 0.25) is 0 Å². The second kappa shape index (κ2) is 6.28. The van der Waals surface area contributed by atoms with Gasteiger partial charge in [0.05, 0.1) is 0 Å². The number of nitrogens with one attached hydrogen (secondary N) is 2. The maximum atomic E-state index is 5.88. The van der Waals surface area contributed by atoms with E-state index < -0.39 is 0 Å². The zero-order valence-electron chi connectivity index (χ0n) is 9.18. The van der Waals surface area contributed by atoms with Gasteiger partial charge in [-0.2, -0.15) is 0 Å². The Morgan fingerprint density at radius 1 is 1.31 bits per heavy atom. The molecule has 0 aliphatic heterocycles. The summed E-state index contributed by atoms with van der Waals surface area (Å²) in [5.41, 5.74) is 0.790. The van der Waals surface area contributed by atoms with Crippen molar-refractivity contribution in [2.24, 2.45) is 0 Å². The van der Waals surface area contributed by atoms with E-state index in [2.05, 4.69) is 24.5 Å². The Kier molecular flexibility index (Phi) is 5.32. The fourth-order valence-corrected chi connectivity index (χ4v) is 1.96. The van der Waals surface area contributed by atoms with Crippen molar-refractivity contribution in [2.75, 3.05) is 5.32 Å². The molecule has 1 aromatic carbocycles. The van der Waals surface area contributed by atoms with Gasteiger partial charge in [-0.1, -0.05) is 30.1 Å². The first kappa shape index (κ1) is 13.6. The zero-order chi connectivity index (χ0) is 12.1. The van der Waals surface area contributed by atoms with E-state index in [1.54, 1.807) is 18.2 Å². The lowest BCUT2D eigenvalue weighted by atomic mass is 10.3. The Labute approximate surface area is 111 Å². The maximum absolute atomic E-state index is 5.88. The first-order valence-electron chi connectivity index (χ1n) is 5.05. The molecule has 16 heavy (non-hydrogen) atoms. The molecule has 0 bridgehead atoms. The van der Waals surface area contributed by atoms with Crippen molar-refractivity contribution >= 4 is 46.2 Å². The number of rotatable bonds is 3. The highest BCUT2D eigenvalue weighted by atomic mass is 35.5. The Morgan fingerprint density at radius 3 is 2.38 bits per heavy atom. The van der Waals surface area contributed by atoms with E-state index in [4.69, 9.17) is 35.4 Å². The van der Waals surface area contributed by atoms with Crippen LogP contribution >= 0.6 is 35.4 Å². The molecule has 1 rings (SSSR count). The number of hydrogen-bond donors (Lipinski definition) is 2. The van der Waals surface area contributed by atoms with Gasteiger partial charge >= 0.3 is 0 Å². The fourth-order valence-electron chi connectivity index (χ4n) is 1.12. The third-order valence-electron chi connectivity index (χ3n) is 2.11. The first-order valence-corrected chi connectivity index (χ1v) is 6.21. The standard InChI is InChI=1S/C11H14Cl2N2S/c1-3-7(2)14-11(16)15-10-5-8(12)4-9(13)6-10/h4-7H,3H2,1-2H3,(H2,14,15,16). The summed E-state index contributed by atoms with van der Waals surface area (Å²) in [6.45, 7) is 4.16. The van der Waals surface area contributed by atoms with Crippen molar-refractivity contribution in [3.63, 3.8) is 0 Å². The summed E-state index contributed by atoms with van der Waals surface area (Å²) in [5.74, 6) is 0. The predicted molar refractivity (Wildman–Crippen MR) is 75.6 cm³/mol. The molecule has 0 saturated heterocycles. The van der Waals surface area contributed by atoms with E-state index in [1.165, 1.54) is 0 Å². The molecule has 0 heterocycles. The normalized spacial score (nSPS) is 12.0. The predicted octanol–water partition coefficient (Wildman–Crippen LogP) is 4.08. The van der Waals surface area contributed by atoms with E-state index in [0.29, 0.717) is 21.2 Å². The Bertz CT molecular complexity index is 362. The SMILES string of the molecule is CCC(C)NC(=S)Nc1cc(Cl)cc(Cl)c1. The lowest BCUT2D eigenvalue weighted by Crippen LogP contribution is -2.35. The second-order valence-electron chi connectivity index (χ2n) is 3.57. The monoisotopic (exact) mass is 276 g/mol. The van der Waals surface area contributed by atoms with Crippen molar-refractivity contribution in [3.8, 4) is 0 Å². The summed E-state index contributed by atoms with van der Waals surface area (Å²) < 4.78 is 0. The van der Waals surface area contributed by atoms with E-state index in [9.17, 15) is 0 Å². The number of hydrogen-bond acceptors (Lipinski definition) is 1. The van der Waals surface area contributed by atoms with E-state index in [1.807, 2.05) is 0 Å². The van der Waals surface area contributed by atoms with E-state index >= 15 is 0 Å². The zero-order valence-corrected chi connectivity index (χ0v) is 11.5. The van der Waals surface area contributed by atoms with Gasteiger partial charge in [-0.15, -0.1) is 0 Å². The minimum atomic E-state index is 0.342. The van der Waals surface area contributed by atoms with Crippen LogP contribution < -0.4 is 10.6 Å². The summed E-state index contributed by atoms with van der Waals surface area (Å²) in [4.78, 5) is 0. The summed E-state index contributed by atoms with van der Waals surface area (Å²) in [6, 6.07) is 5.57. The van der Waals surface area contributed by atoms with Gasteiger partial charge in [-0.25, -0.2) is 0 Å². The molecule has 0 aromatic heterocycles. The molecule has 0 radical (unpaired) electrons. The highest BCUT2D eigenvalue weighted by Crippen LogP contribution is 2.22. The molecule has 2 N–H and O–H groups in total. The second-order valence-corrected chi connectivity index (χ2v) is 4.85. The first-order chi connectivity index (χ1) is 7.51. The van der Waals surface area contributed by atoms with Crippen LogP contribution in [0.1, 0.15) is 20.3 Å². The summed E-state index contributed by atoms with van der Waals surface area (Å²) >= 11 is 16.9. The Hall–Kier alpha value is -0.510. The van der Waals surface area contributed by atoms with Gasteiger partial charge in [0, 0.05) is 21.8 Å². The summed E-state index contributed by atoms with van der Waals surface area (Å²) in [7, 11) is 0. The molecule has 1 atom stereocenters. The van der Waals surface area contributed by atoms with Crippen molar-refractivity contribution in [2.45, 2.75) is 26.3 Å². The third kappa shape index (κ3) is 4.56. The van der Waals surface area contributed by atoms with Crippen molar-refractivity contribution in [1.82, 2.24) is 5.32 Å². The molecule has 0 saturated carbocycles. The quantitative estimate of drug-likeness (QED) is 0.814. The average molecular weight is 277 g/mol.